The van der Waals surface area contributed by atoms with E-state index in [1.54, 1.807) is 18.6 Å². The topological polar surface area (TPSA) is 115 Å². The molecule has 1 aliphatic carbocycles. The molecule has 152 valence electrons. The number of aliphatic hydroxyl groups is 1. The standard InChI is InChI=1S/C21H26N6O2/c1-12(2)19-14(5-6-23-13-3-4-13)18(11-28)25-16(19)9-15-20(26-27-21(15)29)17-10-22-7-8-24-17/h7-10,12-13,23,25,28H,3-6,11H2,1-2H3,(H,27,29). The fraction of sp³-hybridized carbons (Fsp3) is 0.429. The van der Waals surface area contributed by atoms with Gasteiger partial charge in [0.25, 0.3) is 5.91 Å². The van der Waals surface area contributed by atoms with Crippen LogP contribution in [0.1, 0.15) is 60.8 Å². The SMILES string of the molecule is CC(C)c1c(C=C2C(=O)NN=C2c2cnccn2)[nH]c(CO)c1CCNC1CC1. The molecule has 2 aromatic heterocycles. The Labute approximate surface area is 169 Å². The molecule has 0 saturated heterocycles. The fourth-order valence-corrected chi connectivity index (χ4v) is 3.74. The van der Waals surface area contributed by atoms with Crippen molar-refractivity contribution in [3.8, 4) is 0 Å². The monoisotopic (exact) mass is 394 g/mol. The van der Waals surface area contributed by atoms with Gasteiger partial charge in [-0.1, -0.05) is 13.8 Å². The van der Waals surface area contributed by atoms with Crippen molar-refractivity contribution in [3.05, 3.63) is 52.4 Å². The summed E-state index contributed by atoms with van der Waals surface area (Å²) in [5, 5.41) is 17.6. The van der Waals surface area contributed by atoms with Crippen LogP contribution >= 0.6 is 0 Å². The van der Waals surface area contributed by atoms with Crippen LogP contribution in [0.25, 0.3) is 6.08 Å². The quantitative estimate of drug-likeness (QED) is 0.508. The minimum atomic E-state index is -0.280. The zero-order chi connectivity index (χ0) is 20.4. The van der Waals surface area contributed by atoms with E-state index >= 15 is 0 Å². The number of carbonyl (C=O) groups is 1. The average molecular weight is 394 g/mol. The van der Waals surface area contributed by atoms with Gasteiger partial charge in [-0.15, -0.1) is 0 Å². The number of nitrogens with one attached hydrogen (secondary N) is 3. The molecule has 8 nitrogen and oxygen atoms in total. The Hall–Kier alpha value is -2.84. The van der Waals surface area contributed by atoms with Crippen molar-refractivity contribution in [2.75, 3.05) is 6.54 Å². The highest BCUT2D eigenvalue weighted by molar-refractivity contribution is 6.32. The minimum Gasteiger partial charge on any atom is -0.390 e. The summed E-state index contributed by atoms with van der Waals surface area (Å²) < 4.78 is 0. The Morgan fingerprint density at radius 1 is 1.34 bits per heavy atom. The summed E-state index contributed by atoms with van der Waals surface area (Å²) in [4.78, 5) is 24.1. The molecule has 3 heterocycles. The third-order valence-corrected chi connectivity index (χ3v) is 5.25. The number of aromatic amines is 1. The fourth-order valence-electron chi connectivity index (χ4n) is 3.74. The van der Waals surface area contributed by atoms with Crippen molar-refractivity contribution < 1.29 is 9.90 Å². The van der Waals surface area contributed by atoms with Crippen LogP contribution < -0.4 is 10.7 Å². The predicted molar refractivity (Wildman–Crippen MR) is 110 cm³/mol. The van der Waals surface area contributed by atoms with Gasteiger partial charge < -0.3 is 15.4 Å². The molecule has 1 amide bonds. The normalized spacial score (nSPS) is 17.9. The Bertz CT molecular complexity index is 957. The second-order valence-corrected chi connectivity index (χ2v) is 7.75. The van der Waals surface area contributed by atoms with Gasteiger partial charge in [0, 0.05) is 29.8 Å². The molecule has 0 atom stereocenters. The smallest absolute Gasteiger partial charge is 0.273 e. The lowest BCUT2D eigenvalue weighted by molar-refractivity contribution is -0.116. The lowest BCUT2D eigenvalue weighted by Crippen LogP contribution is -2.20. The van der Waals surface area contributed by atoms with E-state index in [1.807, 2.05) is 6.08 Å². The number of H-pyrrole nitrogens is 1. The van der Waals surface area contributed by atoms with Crippen LogP contribution in [-0.4, -0.2) is 44.3 Å². The molecule has 1 fully saturated rings. The van der Waals surface area contributed by atoms with E-state index in [0.717, 1.165) is 35.5 Å². The van der Waals surface area contributed by atoms with Crippen molar-refractivity contribution in [3.63, 3.8) is 0 Å². The highest BCUT2D eigenvalue weighted by atomic mass is 16.3. The zero-order valence-corrected chi connectivity index (χ0v) is 16.7. The number of hydrogen-bond acceptors (Lipinski definition) is 6. The number of hydrogen-bond donors (Lipinski definition) is 4. The van der Waals surface area contributed by atoms with Gasteiger partial charge in [-0.3, -0.25) is 14.8 Å². The first-order valence-corrected chi connectivity index (χ1v) is 10.0. The molecule has 0 unspecified atom stereocenters. The van der Waals surface area contributed by atoms with Gasteiger partial charge in [-0.05, 0) is 48.9 Å². The highest BCUT2D eigenvalue weighted by Crippen LogP contribution is 2.30. The Kier molecular flexibility index (Phi) is 5.55. The van der Waals surface area contributed by atoms with Gasteiger partial charge in [0.1, 0.15) is 11.4 Å². The van der Waals surface area contributed by atoms with Gasteiger partial charge in [-0.25, -0.2) is 5.43 Å². The number of amides is 1. The van der Waals surface area contributed by atoms with Gasteiger partial charge in [-0.2, -0.15) is 5.10 Å². The van der Waals surface area contributed by atoms with Crippen molar-refractivity contribution in [1.82, 2.24) is 25.7 Å². The maximum Gasteiger partial charge on any atom is 0.273 e. The molecule has 4 N–H and O–H groups in total. The number of nitrogens with zero attached hydrogens (tertiary/aromatic N) is 3. The number of aliphatic hydroxyl groups excluding tert-OH is 1. The van der Waals surface area contributed by atoms with Gasteiger partial charge in [0.05, 0.1) is 18.4 Å². The molecule has 4 rings (SSSR count). The number of rotatable bonds is 8. The van der Waals surface area contributed by atoms with E-state index in [9.17, 15) is 9.90 Å². The second-order valence-electron chi connectivity index (χ2n) is 7.75. The van der Waals surface area contributed by atoms with Crippen molar-refractivity contribution in [2.24, 2.45) is 5.10 Å². The van der Waals surface area contributed by atoms with Gasteiger partial charge >= 0.3 is 0 Å². The summed E-state index contributed by atoms with van der Waals surface area (Å²) in [6.07, 6.45) is 9.86. The van der Waals surface area contributed by atoms with Crippen molar-refractivity contribution in [1.29, 1.82) is 0 Å². The van der Waals surface area contributed by atoms with Gasteiger partial charge in [0.15, 0.2) is 0 Å². The van der Waals surface area contributed by atoms with Crippen LogP contribution in [0, 0.1) is 0 Å². The molecular formula is C21H26N6O2. The molecule has 1 aliphatic heterocycles. The van der Waals surface area contributed by atoms with Crippen LogP contribution in [0.3, 0.4) is 0 Å². The Balaban J connectivity index is 1.70. The largest absolute Gasteiger partial charge is 0.390 e. The summed E-state index contributed by atoms with van der Waals surface area (Å²) in [5.41, 5.74) is 7.82. The van der Waals surface area contributed by atoms with E-state index in [-0.39, 0.29) is 18.4 Å². The first-order chi connectivity index (χ1) is 14.1. The van der Waals surface area contributed by atoms with E-state index in [2.05, 4.69) is 44.6 Å². The van der Waals surface area contributed by atoms with Crippen LogP contribution in [0.5, 0.6) is 0 Å². The molecule has 29 heavy (non-hydrogen) atoms. The molecule has 0 bridgehead atoms. The molecule has 8 heteroatoms. The highest BCUT2D eigenvalue weighted by Gasteiger charge is 2.27. The maximum atomic E-state index is 12.4. The first-order valence-electron chi connectivity index (χ1n) is 10.0. The predicted octanol–water partition coefficient (Wildman–Crippen LogP) is 1.63. The van der Waals surface area contributed by atoms with E-state index in [1.165, 1.54) is 12.8 Å². The minimum absolute atomic E-state index is 0.0705. The lowest BCUT2D eigenvalue weighted by Gasteiger charge is -2.11. The zero-order valence-electron chi connectivity index (χ0n) is 16.7. The molecule has 2 aliphatic rings. The van der Waals surface area contributed by atoms with Crippen LogP contribution in [0.4, 0.5) is 0 Å². The van der Waals surface area contributed by atoms with E-state index < -0.39 is 0 Å². The van der Waals surface area contributed by atoms with Crippen molar-refractivity contribution in [2.45, 2.75) is 51.7 Å². The molecule has 0 spiro atoms. The van der Waals surface area contributed by atoms with Gasteiger partial charge in [0.2, 0.25) is 0 Å². The maximum absolute atomic E-state index is 12.4. The second kappa shape index (κ2) is 8.26. The van der Waals surface area contributed by atoms with E-state index in [0.29, 0.717) is 23.0 Å². The molecule has 0 radical (unpaired) electrons. The third kappa shape index (κ3) is 4.13. The van der Waals surface area contributed by atoms with Crippen LogP contribution in [-0.2, 0) is 17.8 Å². The van der Waals surface area contributed by atoms with Crippen molar-refractivity contribution >= 4 is 17.7 Å². The molecule has 2 aromatic rings. The number of hydrazone groups is 1. The average Bonchev–Trinajstić information content (AvgIpc) is 3.38. The summed E-state index contributed by atoms with van der Waals surface area (Å²) in [6.45, 7) is 5.05. The van der Waals surface area contributed by atoms with E-state index in [4.69, 9.17) is 0 Å². The summed E-state index contributed by atoms with van der Waals surface area (Å²) in [6, 6.07) is 0.642. The molecular weight excluding hydrogens is 368 g/mol. The first kappa shape index (κ1) is 19.5. The third-order valence-electron chi connectivity index (χ3n) is 5.25. The van der Waals surface area contributed by atoms with Crippen LogP contribution in [0.15, 0.2) is 29.3 Å². The summed E-state index contributed by atoms with van der Waals surface area (Å²) in [7, 11) is 0. The van der Waals surface area contributed by atoms with Crippen LogP contribution in [0.2, 0.25) is 0 Å². The Morgan fingerprint density at radius 2 is 2.17 bits per heavy atom. The number of aromatic nitrogens is 3. The summed E-state index contributed by atoms with van der Waals surface area (Å²) in [5.74, 6) is -0.0480. The molecule has 0 aromatic carbocycles. The molecule has 1 saturated carbocycles. The Morgan fingerprint density at radius 3 is 2.83 bits per heavy atom. The lowest BCUT2D eigenvalue weighted by atomic mass is 9.94. The summed E-state index contributed by atoms with van der Waals surface area (Å²) >= 11 is 0. The number of carbonyl (C=O) groups excluding carboxylic acids is 1.